The lowest BCUT2D eigenvalue weighted by Gasteiger charge is -2.20. The third-order valence-corrected chi connectivity index (χ3v) is 5.78. The molecule has 2 aromatic carbocycles. The molecule has 0 spiro atoms. The normalized spacial score (nSPS) is 17.2. The summed E-state index contributed by atoms with van der Waals surface area (Å²) in [6.07, 6.45) is 2.01. The van der Waals surface area contributed by atoms with E-state index in [1.165, 1.54) is 4.90 Å². The average Bonchev–Trinajstić information content (AvgIpc) is 3.26. The lowest BCUT2D eigenvalue weighted by molar-refractivity contribution is -0.138. The van der Waals surface area contributed by atoms with E-state index in [4.69, 9.17) is 23.2 Å². The van der Waals surface area contributed by atoms with Crippen molar-refractivity contribution in [3.8, 4) is 0 Å². The van der Waals surface area contributed by atoms with Gasteiger partial charge in [0, 0.05) is 23.7 Å². The van der Waals surface area contributed by atoms with E-state index in [0.29, 0.717) is 26.9 Å². The summed E-state index contributed by atoms with van der Waals surface area (Å²) in [4.78, 5) is 29.9. The monoisotopic (exact) mass is 414 g/mol. The number of nitrogens with zero attached hydrogens (tertiary/aromatic N) is 2. The quantitative estimate of drug-likeness (QED) is 0.681. The molecular weight excluding hydrogens is 395 g/mol. The first-order valence-electron chi connectivity index (χ1n) is 9.32. The largest absolute Gasteiger partial charge is 0.366 e. The van der Waals surface area contributed by atoms with Gasteiger partial charge in [-0.05, 0) is 37.5 Å². The van der Waals surface area contributed by atoms with E-state index in [0.717, 1.165) is 37.1 Å². The second-order valence-electron chi connectivity index (χ2n) is 7.22. The van der Waals surface area contributed by atoms with Gasteiger partial charge in [0.05, 0.1) is 17.1 Å². The third-order valence-electron chi connectivity index (χ3n) is 5.23. The summed E-state index contributed by atoms with van der Waals surface area (Å²) in [5.41, 5.74) is 3.43. The van der Waals surface area contributed by atoms with Gasteiger partial charge in [-0.15, -0.1) is 0 Å². The maximum absolute atomic E-state index is 13.3. The number of hydrogen-bond donors (Lipinski definition) is 0. The predicted molar refractivity (Wildman–Crippen MR) is 111 cm³/mol. The molecule has 2 heterocycles. The molecule has 0 N–H and O–H groups in total. The number of imide groups is 1. The number of halogens is 2. The van der Waals surface area contributed by atoms with Crippen LogP contribution < -0.4 is 0 Å². The Kier molecular flexibility index (Phi) is 5.17. The summed E-state index contributed by atoms with van der Waals surface area (Å²) in [5.74, 6) is -0.565. The van der Waals surface area contributed by atoms with Crippen molar-refractivity contribution in [2.24, 2.45) is 0 Å². The molecule has 0 bridgehead atoms. The van der Waals surface area contributed by atoms with Crippen LogP contribution >= 0.6 is 23.2 Å². The number of likely N-dealkylation sites (tertiary alicyclic amines) is 1. The Hall–Kier alpha value is -2.30. The zero-order valence-corrected chi connectivity index (χ0v) is 17.1. The van der Waals surface area contributed by atoms with Crippen LogP contribution in [0.1, 0.15) is 29.5 Å². The Morgan fingerprint density at radius 2 is 1.61 bits per heavy atom. The number of carbonyl (C=O) groups is 2. The number of benzene rings is 2. The number of hydrogen-bond acceptors (Lipinski definition) is 3. The molecule has 1 saturated heterocycles. The molecule has 0 saturated carbocycles. The molecule has 1 fully saturated rings. The van der Waals surface area contributed by atoms with E-state index in [-0.39, 0.29) is 18.4 Å². The molecule has 4 nitrogen and oxygen atoms in total. The first-order valence-corrected chi connectivity index (χ1v) is 10.1. The number of rotatable bonds is 4. The molecule has 2 aliphatic heterocycles. The topological polar surface area (TPSA) is 40.6 Å². The maximum Gasteiger partial charge on any atom is 0.278 e. The molecule has 28 heavy (non-hydrogen) atoms. The van der Waals surface area contributed by atoms with Gasteiger partial charge < -0.3 is 4.90 Å². The van der Waals surface area contributed by atoms with Crippen LogP contribution in [0.5, 0.6) is 0 Å². The zero-order valence-electron chi connectivity index (χ0n) is 15.5. The van der Waals surface area contributed by atoms with Crippen molar-refractivity contribution in [3.05, 3.63) is 74.9 Å². The summed E-state index contributed by atoms with van der Waals surface area (Å²) < 4.78 is 0. The molecule has 6 heteroatoms. The van der Waals surface area contributed by atoms with Gasteiger partial charge in [0.25, 0.3) is 11.8 Å². The Bertz CT molecular complexity index is 977. The zero-order chi connectivity index (χ0) is 19.8. The van der Waals surface area contributed by atoms with Gasteiger partial charge in [-0.1, -0.05) is 59.1 Å². The molecule has 0 aromatic heterocycles. The van der Waals surface area contributed by atoms with Gasteiger partial charge in [-0.3, -0.25) is 14.5 Å². The lowest BCUT2D eigenvalue weighted by Crippen LogP contribution is -2.34. The highest BCUT2D eigenvalue weighted by molar-refractivity contribution is 6.41. The van der Waals surface area contributed by atoms with Crippen LogP contribution in [-0.2, 0) is 16.1 Å². The molecule has 4 rings (SSSR count). The van der Waals surface area contributed by atoms with E-state index in [2.05, 4.69) is 0 Å². The number of carbonyl (C=O) groups excluding carboxylic acids is 2. The standard InChI is InChI=1S/C22H20Cl2N2O2/c1-14-4-6-15(7-5-14)13-26-21(27)19(17-9-8-16(23)12-18(17)24)20(22(26)28)25-10-2-3-11-25/h4-9,12H,2-3,10-11,13H2,1H3. The Labute approximate surface area is 174 Å². The summed E-state index contributed by atoms with van der Waals surface area (Å²) in [6, 6.07) is 12.9. The van der Waals surface area contributed by atoms with Crippen molar-refractivity contribution in [2.75, 3.05) is 13.1 Å². The van der Waals surface area contributed by atoms with Crippen LogP contribution in [0.4, 0.5) is 0 Å². The first kappa shape index (κ1) is 19.0. The Balaban J connectivity index is 1.76. The smallest absolute Gasteiger partial charge is 0.278 e. The van der Waals surface area contributed by atoms with Crippen LogP contribution in [0.15, 0.2) is 48.2 Å². The van der Waals surface area contributed by atoms with Crippen molar-refractivity contribution in [1.29, 1.82) is 0 Å². The van der Waals surface area contributed by atoms with Crippen LogP contribution in [0.3, 0.4) is 0 Å². The fourth-order valence-electron chi connectivity index (χ4n) is 3.75. The second-order valence-corrected chi connectivity index (χ2v) is 8.07. The van der Waals surface area contributed by atoms with Crippen molar-refractivity contribution in [3.63, 3.8) is 0 Å². The molecule has 2 aliphatic rings. The fourth-order valence-corrected chi connectivity index (χ4v) is 4.25. The molecule has 0 atom stereocenters. The summed E-state index contributed by atoms with van der Waals surface area (Å²) in [7, 11) is 0. The molecule has 0 aliphatic carbocycles. The van der Waals surface area contributed by atoms with Crippen LogP contribution in [0, 0.1) is 6.92 Å². The van der Waals surface area contributed by atoms with E-state index < -0.39 is 0 Å². The van der Waals surface area contributed by atoms with Crippen LogP contribution in [0.2, 0.25) is 10.0 Å². The SMILES string of the molecule is Cc1ccc(CN2C(=O)C(c3ccc(Cl)cc3Cl)=C(N3CCCC3)C2=O)cc1. The van der Waals surface area contributed by atoms with Crippen LogP contribution in [0.25, 0.3) is 5.57 Å². The van der Waals surface area contributed by atoms with Gasteiger partial charge in [0.15, 0.2) is 0 Å². The van der Waals surface area contributed by atoms with Crippen molar-refractivity contribution in [2.45, 2.75) is 26.3 Å². The second kappa shape index (κ2) is 7.61. The highest BCUT2D eigenvalue weighted by Crippen LogP contribution is 2.37. The summed E-state index contributed by atoms with van der Waals surface area (Å²) in [5, 5.41) is 0.864. The van der Waals surface area contributed by atoms with Crippen LogP contribution in [-0.4, -0.2) is 34.7 Å². The lowest BCUT2D eigenvalue weighted by atomic mass is 10.0. The van der Waals surface area contributed by atoms with Gasteiger partial charge >= 0.3 is 0 Å². The molecule has 0 unspecified atom stereocenters. The van der Waals surface area contributed by atoms with Gasteiger partial charge in [0.1, 0.15) is 5.70 Å². The highest BCUT2D eigenvalue weighted by Gasteiger charge is 2.42. The predicted octanol–water partition coefficient (Wildman–Crippen LogP) is 4.68. The maximum atomic E-state index is 13.3. The third kappa shape index (κ3) is 3.43. The van der Waals surface area contributed by atoms with E-state index in [1.54, 1.807) is 18.2 Å². The van der Waals surface area contributed by atoms with E-state index >= 15 is 0 Å². The molecule has 2 aromatic rings. The minimum absolute atomic E-state index is 0.240. The van der Waals surface area contributed by atoms with E-state index in [9.17, 15) is 9.59 Å². The fraction of sp³-hybridized carbons (Fsp3) is 0.273. The first-order chi connectivity index (χ1) is 13.5. The number of amides is 2. The average molecular weight is 415 g/mol. The summed E-state index contributed by atoms with van der Waals surface area (Å²) in [6.45, 7) is 3.77. The Morgan fingerprint density at radius 3 is 2.25 bits per heavy atom. The number of aryl methyl sites for hydroxylation is 1. The van der Waals surface area contributed by atoms with Crippen molar-refractivity contribution < 1.29 is 9.59 Å². The minimum atomic E-state index is -0.309. The molecule has 144 valence electrons. The van der Waals surface area contributed by atoms with E-state index in [1.807, 2.05) is 36.1 Å². The molecular formula is C22H20Cl2N2O2. The van der Waals surface area contributed by atoms with Crippen molar-refractivity contribution in [1.82, 2.24) is 9.80 Å². The highest BCUT2D eigenvalue weighted by atomic mass is 35.5. The van der Waals surface area contributed by atoms with Gasteiger partial charge in [-0.25, -0.2) is 0 Å². The van der Waals surface area contributed by atoms with Crippen molar-refractivity contribution >= 4 is 40.6 Å². The molecule has 0 radical (unpaired) electrons. The van der Waals surface area contributed by atoms with Gasteiger partial charge in [-0.2, -0.15) is 0 Å². The minimum Gasteiger partial charge on any atom is -0.366 e. The molecule has 2 amide bonds. The van der Waals surface area contributed by atoms with Gasteiger partial charge in [0.2, 0.25) is 0 Å². The Morgan fingerprint density at radius 1 is 0.929 bits per heavy atom. The summed E-state index contributed by atoms with van der Waals surface area (Å²) >= 11 is 12.4.